The maximum atomic E-state index is 11.8. The molecule has 1 saturated carbocycles. The van der Waals surface area contributed by atoms with Gasteiger partial charge in [-0.1, -0.05) is 12.8 Å². The Labute approximate surface area is 115 Å². The van der Waals surface area contributed by atoms with E-state index in [1.807, 2.05) is 0 Å². The van der Waals surface area contributed by atoms with Crippen LogP contribution >= 0.6 is 0 Å². The minimum atomic E-state index is -0.314. The van der Waals surface area contributed by atoms with Gasteiger partial charge in [-0.3, -0.25) is 10.1 Å². The van der Waals surface area contributed by atoms with Crippen LogP contribution in [0.3, 0.4) is 0 Å². The molecule has 3 N–H and O–H groups in total. The fourth-order valence-electron chi connectivity index (χ4n) is 3.09. The topological polar surface area (TPSA) is 62.6 Å². The maximum Gasteiger partial charge on any atom is 0.321 e. The fourth-order valence-corrected chi connectivity index (χ4v) is 3.09. The van der Waals surface area contributed by atoms with Crippen LogP contribution < -0.4 is 15.5 Å². The number of amides is 3. The summed E-state index contributed by atoms with van der Waals surface area (Å²) in [4.78, 5) is 24.8. The zero-order chi connectivity index (χ0) is 13.5. The van der Waals surface area contributed by atoms with Crippen LogP contribution in [0.2, 0.25) is 0 Å². The molecule has 0 atom stereocenters. The summed E-state index contributed by atoms with van der Waals surface area (Å²) in [7, 11) is 0. The lowest BCUT2D eigenvalue weighted by molar-refractivity contribution is -0.891. The Hall–Kier alpha value is -1.10. The van der Waals surface area contributed by atoms with Crippen LogP contribution in [0.5, 0.6) is 0 Å². The minimum absolute atomic E-state index is 0.146. The van der Waals surface area contributed by atoms with E-state index in [1.54, 1.807) is 0 Å². The van der Waals surface area contributed by atoms with E-state index in [0.717, 1.165) is 25.9 Å². The van der Waals surface area contributed by atoms with Gasteiger partial charge in [0, 0.05) is 6.04 Å². The van der Waals surface area contributed by atoms with Crippen molar-refractivity contribution in [2.75, 3.05) is 19.6 Å². The third-order valence-electron chi connectivity index (χ3n) is 4.16. The van der Waals surface area contributed by atoms with Crippen molar-refractivity contribution < 1.29 is 14.5 Å². The molecule has 5 nitrogen and oxygen atoms in total. The average molecular weight is 268 g/mol. The monoisotopic (exact) mass is 268 g/mol. The minimum Gasteiger partial charge on any atom is -0.335 e. The Morgan fingerprint density at radius 3 is 2.21 bits per heavy atom. The van der Waals surface area contributed by atoms with Crippen LogP contribution in [0, 0.1) is 0 Å². The van der Waals surface area contributed by atoms with Gasteiger partial charge < -0.3 is 10.2 Å². The molecule has 5 heteroatoms. The van der Waals surface area contributed by atoms with Crippen LogP contribution in [0.15, 0.2) is 0 Å². The number of carbonyl (C=O) groups excluding carboxylic acids is 2. The van der Waals surface area contributed by atoms with Crippen molar-refractivity contribution in [3.63, 3.8) is 0 Å². The lowest BCUT2D eigenvalue weighted by atomic mass is 10.2. The van der Waals surface area contributed by atoms with Gasteiger partial charge in [-0.15, -0.1) is 0 Å². The van der Waals surface area contributed by atoms with Crippen LogP contribution in [-0.2, 0) is 4.79 Å². The Balaban J connectivity index is 1.66. The average Bonchev–Trinajstić information content (AvgIpc) is 2.72. The largest absolute Gasteiger partial charge is 0.335 e. The lowest BCUT2D eigenvalue weighted by Gasteiger charge is -2.17. The molecule has 2 rings (SSSR count). The number of carbonyl (C=O) groups is 2. The van der Waals surface area contributed by atoms with Crippen molar-refractivity contribution in [1.29, 1.82) is 0 Å². The van der Waals surface area contributed by atoms with E-state index >= 15 is 0 Å². The van der Waals surface area contributed by atoms with E-state index in [1.165, 1.54) is 43.4 Å². The number of urea groups is 1. The van der Waals surface area contributed by atoms with Gasteiger partial charge in [0.2, 0.25) is 0 Å². The second-order valence-corrected chi connectivity index (χ2v) is 5.84. The first-order valence-corrected chi connectivity index (χ1v) is 7.68. The van der Waals surface area contributed by atoms with E-state index in [4.69, 9.17) is 0 Å². The highest BCUT2D eigenvalue weighted by atomic mass is 16.2. The molecule has 0 bridgehead atoms. The van der Waals surface area contributed by atoms with Crippen molar-refractivity contribution in [3.8, 4) is 0 Å². The highest BCUT2D eigenvalue weighted by Crippen LogP contribution is 2.17. The Morgan fingerprint density at radius 2 is 1.58 bits per heavy atom. The fraction of sp³-hybridized carbons (Fsp3) is 0.857. The molecule has 1 heterocycles. The molecule has 0 radical (unpaired) electrons. The van der Waals surface area contributed by atoms with Gasteiger partial charge in [-0.2, -0.15) is 0 Å². The highest BCUT2D eigenvalue weighted by Gasteiger charge is 2.20. The SMILES string of the molecule is O=C(C[NH+]1CCCCCC1)NC(=O)NC1CCCC1. The molecule has 1 saturated heterocycles. The number of likely N-dealkylation sites (tertiary alicyclic amines) is 1. The number of imide groups is 1. The third kappa shape index (κ3) is 5.19. The molecular formula is C14H26N3O2+. The third-order valence-corrected chi connectivity index (χ3v) is 4.16. The number of hydrogen-bond acceptors (Lipinski definition) is 2. The van der Waals surface area contributed by atoms with E-state index in [-0.39, 0.29) is 18.0 Å². The first-order valence-electron chi connectivity index (χ1n) is 7.68. The van der Waals surface area contributed by atoms with Crippen molar-refractivity contribution >= 4 is 11.9 Å². The normalized spacial score (nSPS) is 21.9. The first-order chi connectivity index (χ1) is 9.24. The quantitative estimate of drug-likeness (QED) is 0.685. The van der Waals surface area contributed by atoms with Crippen molar-refractivity contribution in [1.82, 2.24) is 10.6 Å². The number of rotatable bonds is 3. The summed E-state index contributed by atoms with van der Waals surface area (Å²) in [5.74, 6) is -0.146. The summed E-state index contributed by atoms with van der Waals surface area (Å²) in [5, 5.41) is 5.34. The Bertz CT molecular complexity index is 306. The van der Waals surface area contributed by atoms with Crippen molar-refractivity contribution in [3.05, 3.63) is 0 Å². The summed E-state index contributed by atoms with van der Waals surface area (Å²) in [6.45, 7) is 2.54. The van der Waals surface area contributed by atoms with E-state index in [0.29, 0.717) is 6.54 Å². The molecule has 0 aromatic rings. The lowest BCUT2D eigenvalue weighted by Crippen LogP contribution is -3.13. The summed E-state index contributed by atoms with van der Waals surface area (Å²) in [6, 6.07) is -0.0514. The van der Waals surface area contributed by atoms with E-state index < -0.39 is 0 Å². The molecule has 1 aliphatic carbocycles. The van der Waals surface area contributed by atoms with Crippen LogP contribution in [0.25, 0.3) is 0 Å². The van der Waals surface area contributed by atoms with E-state index in [2.05, 4.69) is 10.6 Å². The summed E-state index contributed by atoms with van der Waals surface area (Å²) in [5.41, 5.74) is 0. The van der Waals surface area contributed by atoms with Crippen LogP contribution in [-0.4, -0.2) is 37.6 Å². The molecular weight excluding hydrogens is 242 g/mol. The molecule has 0 aromatic carbocycles. The first kappa shape index (κ1) is 14.3. The van der Waals surface area contributed by atoms with Gasteiger partial charge in [0.1, 0.15) is 0 Å². The molecule has 0 unspecified atom stereocenters. The Morgan fingerprint density at radius 1 is 0.947 bits per heavy atom. The van der Waals surface area contributed by atoms with Crippen molar-refractivity contribution in [2.45, 2.75) is 57.4 Å². The van der Waals surface area contributed by atoms with Gasteiger partial charge in [-0.05, 0) is 38.5 Å². The smallest absolute Gasteiger partial charge is 0.321 e. The summed E-state index contributed by atoms with van der Waals surface area (Å²) >= 11 is 0. The predicted molar refractivity (Wildman–Crippen MR) is 73.0 cm³/mol. The van der Waals surface area contributed by atoms with Gasteiger partial charge in [0.05, 0.1) is 13.1 Å². The maximum absolute atomic E-state index is 11.8. The molecule has 3 amide bonds. The van der Waals surface area contributed by atoms with Gasteiger partial charge in [0.25, 0.3) is 5.91 Å². The molecule has 19 heavy (non-hydrogen) atoms. The highest BCUT2D eigenvalue weighted by molar-refractivity contribution is 5.94. The molecule has 2 fully saturated rings. The zero-order valence-electron chi connectivity index (χ0n) is 11.7. The summed E-state index contributed by atoms with van der Waals surface area (Å²) in [6.07, 6.45) is 9.36. The molecule has 0 aromatic heterocycles. The number of hydrogen-bond donors (Lipinski definition) is 3. The molecule has 2 aliphatic rings. The number of nitrogens with one attached hydrogen (secondary N) is 3. The molecule has 1 aliphatic heterocycles. The van der Waals surface area contributed by atoms with Gasteiger partial charge in [-0.25, -0.2) is 4.79 Å². The van der Waals surface area contributed by atoms with Crippen LogP contribution in [0.4, 0.5) is 4.79 Å². The number of quaternary nitrogens is 1. The molecule has 0 spiro atoms. The molecule has 108 valence electrons. The standard InChI is InChI=1S/C14H25N3O2/c18-13(11-17-9-5-1-2-6-10-17)16-14(19)15-12-7-3-4-8-12/h12H,1-11H2,(H2,15,16,18,19)/p+1. The van der Waals surface area contributed by atoms with E-state index in [9.17, 15) is 9.59 Å². The van der Waals surface area contributed by atoms with Crippen molar-refractivity contribution in [2.24, 2.45) is 0 Å². The zero-order valence-corrected chi connectivity index (χ0v) is 11.7. The van der Waals surface area contributed by atoms with Gasteiger partial charge in [0.15, 0.2) is 6.54 Å². The summed E-state index contributed by atoms with van der Waals surface area (Å²) < 4.78 is 0. The Kier molecular flexibility index (Phi) is 5.63. The van der Waals surface area contributed by atoms with Crippen LogP contribution in [0.1, 0.15) is 51.4 Å². The predicted octanol–water partition coefficient (Wildman–Crippen LogP) is 0.214. The second-order valence-electron chi connectivity index (χ2n) is 5.84. The van der Waals surface area contributed by atoms with Gasteiger partial charge >= 0.3 is 6.03 Å². The second kappa shape index (κ2) is 7.48.